The summed E-state index contributed by atoms with van der Waals surface area (Å²) in [5.74, 6) is 0. The van der Waals surface area contributed by atoms with Crippen LogP contribution in [0.3, 0.4) is 0 Å². The summed E-state index contributed by atoms with van der Waals surface area (Å²) in [7, 11) is 0. The molecule has 0 saturated heterocycles. The standard InChI is InChI=1S/C37H23BN2/c1-2-11-25(12-3-1)39-31-16-8-5-13-26(31)27-20-21-33-34(36(27)39)28-19-18-24-22-23-10-4-6-14-29(23)38-30-15-7-9-17-32(30)40(33)37(28)35(24)38/h1-21H,22H2. The first-order valence-electron chi connectivity index (χ1n) is 14.1. The van der Waals surface area contributed by atoms with Crippen LogP contribution in [0.4, 0.5) is 0 Å². The molecule has 0 aliphatic carbocycles. The molecule has 0 N–H and O–H groups in total. The summed E-state index contributed by atoms with van der Waals surface area (Å²) in [5, 5.41) is 5.28. The van der Waals surface area contributed by atoms with Gasteiger partial charge in [0.1, 0.15) is 0 Å². The van der Waals surface area contributed by atoms with Crippen LogP contribution in [0.25, 0.3) is 55.0 Å². The highest BCUT2D eigenvalue weighted by Gasteiger charge is 2.39. The Morgan fingerprint density at radius 2 is 1.23 bits per heavy atom. The Bertz CT molecular complexity index is 2360. The first-order chi connectivity index (χ1) is 19.9. The SMILES string of the molecule is c1ccc(-n2c3ccccc3c3ccc4c(c5ccc6c7c5n4-c4ccccc4B7c4ccccc4C6)c32)cc1. The van der Waals surface area contributed by atoms with Crippen molar-refractivity contribution in [2.45, 2.75) is 6.42 Å². The highest BCUT2D eigenvalue weighted by molar-refractivity contribution is 6.99. The Balaban J connectivity index is 1.46. The average molecular weight is 506 g/mol. The molecular weight excluding hydrogens is 483 g/mol. The minimum absolute atomic E-state index is 0.257. The fourth-order valence-corrected chi connectivity index (χ4v) is 7.88. The first-order valence-corrected chi connectivity index (χ1v) is 14.1. The van der Waals surface area contributed by atoms with Crippen LogP contribution in [0.15, 0.2) is 127 Å². The molecule has 0 spiro atoms. The second-order valence-corrected chi connectivity index (χ2v) is 11.3. The molecule has 184 valence electrons. The lowest BCUT2D eigenvalue weighted by Crippen LogP contribution is -2.60. The zero-order valence-electron chi connectivity index (χ0n) is 21.8. The second-order valence-electron chi connectivity index (χ2n) is 11.3. The molecule has 0 amide bonds. The summed E-state index contributed by atoms with van der Waals surface area (Å²) < 4.78 is 5.04. The number of rotatable bonds is 1. The molecule has 3 heteroatoms. The third-order valence-corrected chi connectivity index (χ3v) is 9.39. The summed E-state index contributed by atoms with van der Waals surface area (Å²) in [6.07, 6.45) is 0.987. The van der Waals surface area contributed by atoms with E-state index in [1.807, 2.05) is 0 Å². The molecule has 6 aromatic carbocycles. The summed E-state index contributed by atoms with van der Waals surface area (Å²) in [4.78, 5) is 0. The molecule has 2 aromatic heterocycles. The second kappa shape index (κ2) is 7.34. The highest BCUT2D eigenvalue weighted by Crippen LogP contribution is 2.42. The molecule has 8 aromatic rings. The molecule has 2 aliphatic rings. The van der Waals surface area contributed by atoms with E-state index in [0.717, 1.165) is 6.42 Å². The Morgan fingerprint density at radius 3 is 2.15 bits per heavy atom. The number of nitrogens with zero attached hydrogens (tertiary/aromatic N) is 2. The van der Waals surface area contributed by atoms with Crippen LogP contribution >= 0.6 is 0 Å². The molecule has 0 radical (unpaired) electrons. The lowest BCUT2D eigenvalue weighted by molar-refractivity contribution is 1.16. The molecule has 4 heterocycles. The van der Waals surface area contributed by atoms with Gasteiger partial charge in [-0.15, -0.1) is 0 Å². The van der Waals surface area contributed by atoms with Crippen molar-refractivity contribution in [2.75, 3.05) is 0 Å². The van der Waals surface area contributed by atoms with Gasteiger partial charge in [-0.05, 0) is 58.8 Å². The molecule has 0 atom stereocenters. The van der Waals surface area contributed by atoms with Crippen LogP contribution in [-0.4, -0.2) is 15.8 Å². The number of hydrogen-bond acceptors (Lipinski definition) is 0. The lowest BCUT2D eigenvalue weighted by Gasteiger charge is -2.33. The molecule has 0 unspecified atom stereocenters. The van der Waals surface area contributed by atoms with E-state index in [1.54, 1.807) is 0 Å². The van der Waals surface area contributed by atoms with E-state index < -0.39 is 0 Å². The van der Waals surface area contributed by atoms with Gasteiger partial charge in [-0.3, -0.25) is 0 Å². The Kier molecular flexibility index (Phi) is 3.83. The minimum Gasteiger partial charge on any atom is -0.310 e. The van der Waals surface area contributed by atoms with Gasteiger partial charge < -0.3 is 9.13 Å². The van der Waals surface area contributed by atoms with Crippen LogP contribution in [0, 0.1) is 0 Å². The van der Waals surface area contributed by atoms with Gasteiger partial charge in [0, 0.05) is 38.4 Å². The van der Waals surface area contributed by atoms with Crippen molar-refractivity contribution in [3.05, 3.63) is 139 Å². The van der Waals surface area contributed by atoms with Gasteiger partial charge in [0.25, 0.3) is 0 Å². The van der Waals surface area contributed by atoms with Gasteiger partial charge in [-0.2, -0.15) is 0 Å². The highest BCUT2D eigenvalue weighted by atomic mass is 15.0. The number of aromatic nitrogens is 2. The van der Waals surface area contributed by atoms with Crippen molar-refractivity contribution >= 4 is 66.7 Å². The molecule has 10 rings (SSSR count). The van der Waals surface area contributed by atoms with Crippen molar-refractivity contribution in [1.82, 2.24) is 9.13 Å². The summed E-state index contributed by atoms with van der Waals surface area (Å²) in [6.45, 7) is 0.257. The number of hydrogen-bond donors (Lipinski definition) is 0. The zero-order chi connectivity index (χ0) is 25.9. The maximum absolute atomic E-state index is 2.57. The van der Waals surface area contributed by atoms with Gasteiger partial charge >= 0.3 is 0 Å². The first kappa shape index (κ1) is 20.9. The number of benzene rings is 6. The summed E-state index contributed by atoms with van der Waals surface area (Å²) in [5.41, 5.74) is 14.9. The predicted molar refractivity (Wildman–Crippen MR) is 169 cm³/mol. The van der Waals surface area contributed by atoms with Gasteiger partial charge in [-0.25, -0.2) is 0 Å². The quantitative estimate of drug-likeness (QED) is 0.222. The van der Waals surface area contributed by atoms with E-state index in [9.17, 15) is 0 Å². The maximum Gasteiger partial charge on any atom is 0.247 e. The molecular formula is C37H23BN2. The van der Waals surface area contributed by atoms with Crippen molar-refractivity contribution in [2.24, 2.45) is 0 Å². The van der Waals surface area contributed by atoms with E-state index >= 15 is 0 Å². The topological polar surface area (TPSA) is 9.86 Å². The van der Waals surface area contributed by atoms with Crippen LogP contribution in [-0.2, 0) is 6.42 Å². The van der Waals surface area contributed by atoms with E-state index in [1.165, 1.54) is 82.5 Å². The molecule has 0 bridgehead atoms. The van der Waals surface area contributed by atoms with Crippen LogP contribution < -0.4 is 16.4 Å². The van der Waals surface area contributed by atoms with Crippen molar-refractivity contribution in [1.29, 1.82) is 0 Å². The van der Waals surface area contributed by atoms with Gasteiger partial charge in [0.15, 0.2) is 0 Å². The van der Waals surface area contributed by atoms with Gasteiger partial charge in [0.2, 0.25) is 6.71 Å². The smallest absolute Gasteiger partial charge is 0.247 e. The van der Waals surface area contributed by atoms with E-state index in [2.05, 4.69) is 137 Å². The van der Waals surface area contributed by atoms with Crippen LogP contribution in [0.5, 0.6) is 0 Å². The number of fused-ring (bicyclic) bond motifs is 12. The summed E-state index contributed by atoms with van der Waals surface area (Å²) >= 11 is 0. The fraction of sp³-hybridized carbons (Fsp3) is 0.0270. The van der Waals surface area contributed by atoms with E-state index in [-0.39, 0.29) is 6.71 Å². The Hall–Kier alpha value is -5.02. The molecule has 0 saturated carbocycles. The third-order valence-electron chi connectivity index (χ3n) is 9.39. The van der Waals surface area contributed by atoms with Gasteiger partial charge in [-0.1, -0.05) is 103 Å². The van der Waals surface area contributed by atoms with E-state index in [4.69, 9.17) is 0 Å². The van der Waals surface area contributed by atoms with Crippen molar-refractivity contribution in [3.63, 3.8) is 0 Å². The third kappa shape index (κ3) is 2.42. The molecule has 2 aliphatic heterocycles. The van der Waals surface area contributed by atoms with Crippen molar-refractivity contribution in [3.8, 4) is 11.4 Å². The largest absolute Gasteiger partial charge is 0.310 e. The zero-order valence-corrected chi connectivity index (χ0v) is 21.8. The summed E-state index contributed by atoms with van der Waals surface area (Å²) in [6, 6.07) is 47.3. The molecule has 0 fully saturated rings. The Labute approximate surface area is 231 Å². The monoisotopic (exact) mass is 506 g/mol. The minimum atomic E-state index is 0.257. The Morgan fingerprint density at radius 1 is 0.475 bits per heavy atom. The van der Waals surface area contributed by atoms with Crippen LogP contribution in [0.2, 0.25) is 0 Å². The normalized spacial score (nSPS) is 13.3. The van der Waals surface area contributed by atoms with E-state index in [0.29, 0.717) is 0 Å². The lowest BCUT2D eigenvalue weighted by atomic mass is 9.32. The van der Waals surface area contributed by atoms with Crippen molar-refractivity contribution < 1.29 is 0 Å². The number of para-hydroxylation sites is 3. The predicted octanol–water partition coefficient (Wildman–Crippen LogP) is 6.61. The maximum atomic E-state index is 2.57. The average Bonchev–Trinajstić information content (AvgIpc) is 3.54. The fourth-order valence-electron chi connectivity index (χ4n) is 7.88. The molecule has 40 heavy (non-hydrogen) atoms. The molecule has 2 nitrogen and oxygen atoms in total. The van der Waals surface area contributed by atoms with Crippen LogP contribution in [0.1, 0.15) is 11.1 Å². The van der Waals surface area contributed by atoms with Gasteiger partial charge in [0.05, 0.1) is 16.6 Å².